The summed E-state index contributed by atoms with van der Waals surface area (Å²) in [4.78, 5) is 30.5. The number of carbonyl (C=O) groups is 2. The van der Waals surface area contributed by atoms with Crippen molar-refractivity contribution in [2.45, 2.75) is 25.3 Å². The van der Waals surface area contributed by atoms with E-state index in [9.17, 15) is 9.59 Å². The van der Waals surface area contributed by atoms with E-state index in [1.807, 2.05) is 48.5 Å². The first kappa shape index (κ1) is 18.4. The lowest BCUT2D eigenvalue weighted by Crippen LogP contribution is -2.31. The number of aromatic amines is 1. The van der Waals surface area contributed by atoms with Crippen LogP contribution in [0.25, 0.3) is 11.0 Å². The largest absolute Gasteiger partial charge is 0.352 e. The molecule has 0 aliphatic heterocycles. The average Bonchev–Trinajstić information content (AvgIpc) is 3.14. The SMILES string of the molecule is NC(=O)NCCCCC(=O)NC(c1ccccc1)c1ccc2nc[nH]c2c1. The Labute approximate surface area is 157 Å². The van der Waals surface area contributed by atoms with Gasteiger partial charge >= 0.3 is 6.03 Å². The molecule has 140 valence electrons. The first-order valence-corrected chi connectivity index (χ1v) is 8.94. The molecule has 1 unspecified atom stereocenters. The van der Waals surface area contributed by atoms with E-state index >= 15 is 0 Å². The highest BCUT2D eigenvalue weighted by molar-refractivity contribution is 5.78. The van der Waals surface area contributed by atoms with Crippen LogP contribution >= 0.6 is 0 Å². The molecule has 3 rings (SSSR count). The van der Waals surface area contributed by atoms with Crippen LogP contribution in [0.4, 0.5) is 4.79 Å². The van der Waals surface area contributed by atoms with Gasteiger partial charge in [-0.05, 0) is 36.1 Å². The second-order valence-electron chi connectivity index (χ2n) is 6.34. The van der Waals surface area contributed by atoms with Crippen LogP contribution < -0.4 is 16.4 Å². The molecule has 1 aromatic heterocycles. The predicted molar refractivity (Wildman–Crippen MR) is 104 cm³/mol. The van der Waals surface area contributed by atoms with Gasteiger partial charge in [0.1, 0.15) is 0 Å². The van der Waals surface area contributed by atoms with E-state index in [0.717, 1.165) is 22.2 Å². The lowest BCUT2D eigenvalue weighted by atomic mass is 9.98. The molecule has 1 atom stereocenters. The van der Waals surface area contributed by atoms with Gasteiger partial charge in [-0.3, -0.25) is 4.79 Å². The van der Waals surface area contributed by atoms with Crippen molar-refractivity contribution in [1.82, 2.24) is 20.6 Å². The van der Waals surface area contributed by atoms with Gasteiger partial charge in [0.2, 0.25) is 5.91 Å². The maximum atomic E-state index is 12.5. The Kier molecular flexibility index (Phi) is 6.04. The van der Waals surface area contributed by atoms with Crippen molar-refractivity contribution < 1.29 is 9.59 Å². The van der Waals surface area contributed by atoms with Gasteiger partial charge in [0.15, 0.2) is 0 Å². The summed E-state index contributed by atoms with van der Waals surface area (Å²) >= 11 is 0. The highest BCUT2D eigenvalue weighted by Gasteiger charge is 2.17. The van der Waals surface area contributed by atoms with Crippen molar-refractivity contribution in [1.29, 1.82) is 0 Å². The van der Waals surface area contributed by atoms with Crippen LogP contribution in [0.2, 0.25) is 0 Å². The van der Waals surface area contributed by atoms with E-state index in [-0.39, 0.29) is 11.9 Å². The van der Waals surface area contributed by atoms with Crippen LogP contribution in [0.5, 0.6) is 0 Å². The number of hydrogen-bond acceptors (Lipinski definition) is 3. The number of carbonyl (C=O) groups excluding carboxylic acids is 2. The van der Waals surface area contributed by atoms with Crippen molar-refractivity contribution in [2.24, 2.45) is 5.73 Å². The third-order valence-corrected chi connectivity index (χ3v) is 4.35. The quantitative estimate of drug-likeness (QED) is 0.460. The smallest absolute Gasteiger partial charge is 0.312 e. The minimum Gasteiger partial charge on any atom is -0.352 e. The standard InChI is InChI=1S/C20H23N5O2/c21-20(27)22-11-5-4-8-18(26)25-19(14-6-2-1-3-7-14)15-9-10-16-17(12-15)24-13-23-16/h1-3,6-7,9-10,12-13,19H,4-5,8,11H2,(H,23,24)(H,25,26)(H3,21,22,27). The zero-order chi connectivity index (χ0) is 19.1. The van der Waals surface area contributed by atoms with Gasteiger partial charge in [0, 0.05) is 13.0 Å². The Morgan fingerprint density at radius 2 is 1.89 bits per heavy atom. The van der Waals surface area contributed by atoms with Crippen LogP contribution in [0.3, 0.4) is 0 Å². The number of rotatable bonds is 8. The average molecular weight is 365 g/mol. The Morgan fingerprint density at radius 3 is 2.67 bits per heavy atom. The van der Waals surface area contributed by atoms with Crippen molar-refractivity contribution in [3.63, 3.8) is 0 Å². The summed E-state index contributed by atoms with van der Waals surface area (Å²) in [6.45, 7) is 0.473. The van der Waals surface area contributed by atoms with Gasteiger partial charge < -0.3 is 21.4 Å². The molecule has 27 heavy (non-hydrogen) atoms. The summed E-state index contributed by atoms with van der Waals surface area (Å²) in [5.74, 6) is -0.0346. The van der Waals surface area contributed by atoms with Crippen molar-refractivity contribution in [3.8, 4) is 0 Å². The number of unbranched alkanes of at least 4 members (excludes halogenated alkanes) is 1. The predicted octanol–water partition coefficient (Wildman–Crippen LogP) is 2.61. The summed E-state index contributed by atoms with van der Waals surface area (Å²) < 4.78 is 0. The molecule has 2 aromatic carbocycles. The summed E-state index contributed by atoms with van der Waals surface area (Å²) in [6, 6.07) is 15.0. The fraction of sp³-hybridized carbons (Fsp3) is 0.250. The highest BCUT2D eigenvalue weighted by atomic mass is 16.2. The zero-order valence-corrected chi connectivity index (χ0v) is 14.9. The van der Waals surface area contributed by atoms with Crippen LogP contribution in [0, 0.1) is 0 Å². The van der Waals surface area contributed by atoms with E-state index < -0.39 is 6.03 Å². The molecule has 0 aliphatic carbocycles. The lowest BCUT2D eigenvalue weighted by Gasteiger charge is -2.20. The monoisotopic (exact) mass is 365 g/mol. The zero-order valence-electron chi connectivity index (χ0n) is 14.9. The van der Waals surface area contributed by atoms with Crippen LogP contribution in [0.15, 0.2) is 54.9 Å². The number of aromatic nitrogens is 2. The van der Waals surface area contributed by atoms with Crippen molar-refractivity contribution in [2.75, 3.05) is 6.54 Å². The van der Waals surface area contributed by atoms with Gasteiger partial charge in [-0.15, -0.1) is 0 Å². The molecule has 0 aliphatic rings. The number of nitrogens with one attached hydrogen (secondary N) is 3. The molecule has 3 aromatic rings. The molecule has 0 bridgehead atoms. The molecule has 7 heteroatoms. The second-order valence-corrected chi connectivity index (χ2v) is 6.34. The number of benzene rings is 2. The van der Waals surface area contributed by atoms with Crippen LogP contribution in [-0.2, 0) is 4.79 Å². The third-order valence-electron chi connectivity index (χ3n) is 4.35. The molecule has 0 spiro atoms. The van der Waals surface area contributed by atoms with Crippen LogP contribution in [-0.4, -0.2) is 28.5 Å². The maximum Gasteiger partial charge on any atom is 0.312 e. The highest BCUT2D eigenvalue weighted by Crippen LogP contribution is 2.24. The molecule has 1 heterocycles. The van der Waals surface area contributed by atoms with Crippen molar-refractivity contribution >= 4 is 23.0 Å². The Bertz CT molecular complexity index is 907. The lowest BCUT2D eigenvalue weighted by molar-refractivity contribution is -0.121. The molecule has 3 amide bonds. The van der Waals surface area contributed by atoms with E-state index in [1.54, 1.807) is 6.33 Å². The molecule has 0 saturated heterocycles. The molecular weight excluding hydrogens is 342 g/mol. The van der Waals surface area contributed by atoms with Gasteiger partial charge in [0.05, 0.1) is 23.4 Å². The number of hydrogen-bond donors (Lipinski definition) is 4. The molecule has 5 N–H and O–H groups in total. The molecule has 0 saturated carbocycles. The number of urea groups is 1. The van der Waals surface area contributed by atoms with Gasteiger partial charge in [-0.25, -0.2) is 9.78 Å². The maximum absolute atomic E-state index is 12.5. The molecule has 7 nitrogen and oxygen atoms in total. The Balaban J connectivity index is 1.69. The number of nitrogens with two attached hydrogens (primary N) is 1. The number of amides is 3. The van der Waals surface area contributed by atoms with E-state index in [4.69, 9.17) is 5.73 Å². The Hall–Kier alpha value is -3.35. The minimum absolute atomic E-state index is 0.0346. The first-order valence-electron chi connectivity index (χ1n) is 8.94. The number of primary amides is 1. The minimum atomic E-state index is -0.544. The fourth-order valence-electron chi connectivity index (χ4n) is 2.99. The summed E-state index contributed by atoms with van der Waals surface area (Å²) in [6.07, 6.45) is 3.42. The van der Waals surface area contributed by atoms with E-state index in [2.05, 4.69) is 20.6 Å². The fourth-order valence-corrected chi connectivity index (χ4v) is 2.99. The van der Waals surface area contributed by atoms with Gasteiger partial charge in [-0.1, -0.05) is 36.4 Å². The van der Waals surface area contributed by atoms with E-state index in [1.165, 1.54) is 0 Å². The topological polar surface area (TPSA) is 113 Å². The summed E-state index contributed by atoms with van der Waals surface area (Å²) in [5, 5.41) is 5.64. The summed E-state index contributed by atoms with van der Waals surface area (Å²) in [7, 11) is 0. The first-order chi connectivity index (χ1) is 13.1. The second kappa shape index (κ2) is 8.84. The number of fused-ring (bicyclic) bond motifs is 1. The van der Waals surface area contributed by atoms with Crippen LogP contribution in [0.1, 0.15) is 36.4 Å². The normalized spacial score (nSPS) is 11.9. The molecule has 0 radical (unpaired) electrons. The number of nitrogens with zero attached hydrogens (tertiary/aromatic N) is 1. The van der Waals surface area contributed by atoms with Gasteiger partial charge in [-0.2, -0.15) is 0 Å². The van der Waals surface area contributed by atoms with Crippen molar-refractivity contribution in [3.05, 3.63) is 66.0 Å². The number of imidazole rings is 1. The molecule has 0 fully saturated rings. The third kappa shape index (κ3) is 5.07. The van der Waals surface area contributed by atoms with Gasteiger partial charge in [0.25, 0.3) is 0 Å². The summed E-state index contributed by atoms with van der Waals surface area (Å²) in [5.41, 5.74) is 8.84. The Morgan fingerprint density at radius 1 is 1.07 bits per heavy atom. The number of H-pyrrole nitrogens is 1. The van der Waals surface area contributed by atoms with E-state index in [0.29, 0.717) is 25.8 Å². The molecular formula is C20H23N5O2.